The molecular formula is C29H36N2O5S. The molecule has 2 aromatic carbocycles. The maximum atomic E-state index is 13.7. The zero-order valence-electron chi connectivity index (χ0n) is 22.2. The van der Waals surface area contributed by atoms with E-state index >= 15 is 0 Å². The fraction of sp³-hybridized carbons (Fsp3) is 0.379. The van der Waals surface area contributed by atoms with Gasteiger partial charge in [-0.1, -0.05) is 25.1 Å². The van der Waals surface area contributed by atoms with Gasteiger partial charge in [0, 0.05) is 23.0 Å². The molecule has 0 aliphatic rings. The number of carbonyl (C=O) groups is 2. The van der Waals surface area contributed by atoms with Gasteiger partial charge in [0.1, 0.15) is 12.3 Å². The monoisotopic (exact) mass is 524 g/mol. The Morgan fingerprint density at radius 2 is 1.73 bits per heavy atom. The van der Waals surface area contributed by atoms with E-state index in [0.29, 0.717) is 42.3 Å². The molecule has 0 spiro atoms. The third kappa shape index (κ3) is 7.49. The molecule has 7 nitrogen and oxygen atoms in total. The Bertz CT molecular complexity index is 1160. The highest BCUT2D eigenvalue weighted by molar-refractivity contribution is 7.09. The topological polar surface area (TPSA) is 68.3 Å². The van der Waals surface area contributed by atoms with E-state index in [1.165, 1.54) is 0 Å². The lowest BCUT2D eigenvalue weighted by molar-refractivity contribution is -0.132. The van der Waals surface area contributed by atoms with Crippen LogP contribution < -0.4 is 14.2 Å². The van der Waals surface area contributed by atoms with Gasteiger partial charge in [0.15, 0.2) is 11.5 Å². The smallest absolute Gasteiger partial charge is 0.254 e. The molecule has 8 heteroatoms. The second-order valence-electron chi connectivity index (χ2n) is 8.76. The summed E-state index contributed by atoms with van der Waals surface area (Å²) in [5, 5.41) is 2.00. The number of rotatable bonds is 13. The van der Waals surface area contributed by atoms with Gasteiger partial charge in [-0.05, 0) is 67.1 Å². The Kier molecular flexibility index (Phi) is 10.4. The van der Waals surface area contributed by atoms with Gasteiger partial charge in [-0.3, -0.25) is 9.59 Å². The molecule has 0 aliphatic heterocycles. The van der Waals surface area contributed by atoms with Crippen LogP contribution >= 0.6 is 11.3 Å². The van der Waals surface area contributed by atoms with Crippen LogP contribution in [0.3, 0.4) is 0 Å². The molecule has 0 saturated heterocycles. The van der Waals surface area contributed by atoms with Crippen molar-refractivity contribution in [3.63, 3.8) is 0 Å². The zero-order valence-corrected chi connectivity index (χ0v) is 23.0. The maximum absolute atomic E-state index is 13.7. The Balaban J connectivity index is 1.80. The number of thiophene rings is 1. The van der Waals surface area contributed by atoms with Crippen LogP contribution in [-0.2, 0) is 17.8 Å². The average molecular weight is 525 g/mol. The largest absolute Gasteiger partial charge is 0.497 e. The van der Waals surface area contributed by atoms with E-state index in [1.54, 1.807) is 61.8 Å². The van der Waals surface area contributed by atoms with E-state index in [-0.39, 0.29) is 24.4 Å². The quantitative estimate of drug-likeness (QED) is 0.304. The van der Waals surface area contributed by atoms with Gasteiger partial charge in [-0.25, -0.2) is 0 Å². The third-order valence-corrected chi connectivity index (χ3v) is 7.27. The molecule has 0 fully saturated rings. The highest BCUT2D eigenvalue weighted by Gasteiger charge is 2.26. The zero-order chi connectivity index (χ0) is 26.8. The molecule has 0 radical (unpaired) electrons. The van der Waals surface area contributed by atoms with Crippen molar-refractivity contribution in [2.75, 3.05) is 34.4 Å². The van der Waals surface area contributed by atoms with Gasteiger partial charge in [-0.2, -0.15) is 0 Å². The summed E-state index contributed by atoms with van der Waals surface area (Å²) in [5.74, 6) is 1.65. The van der Waals surface area contributed by atoms with E-state index in [9.17, 15) is 9.59 Å². The molecule has 3 rings (SSSR count). The minimum atomic E-state index is -0.183. The van der Waals surface area contributed by atoms with Crippen molar-refractivity contribution < 1.29 is 23.8 Å². The maximum Gasteiger partial charge on any atom is 0.254 e. The predicted molar refractivity (Wildman–Crippen MR) is 147 cm³/mol. The first-order valence-electron chi connectivity index (χ1n) is 12.4. The molecule has 1 unspecified atom stereocenters. The molecule has 37 heavy (non-hydrogen) atoms. The van der Waals surface area contributed by atoms with Crippen LogP contribution in [0.4, 0.5) is 0 Å². The number of hydrogen-bond acceptors (Lipinski definition) is 6. The van der Waals surface area contributed by atoms with Gasteiger partial charge >= 0.3 is 0 Å². The van der Waals surface area contributed by atoms with Crippen LogP contribution in [-0.4, -0.2) is 62.1 Å². The van der Waals surface area contributed by atoms with Gasteiger partial charge in [-0.15, -0.1) is 11.3 Å². The minimum absolute atomic E-state index is 0.00234. The fourth-order valence-electron chi connectivity index (χ4n) is 4.00. The lowest BCUT2D eigenvalue weighted by Gasteiger charge is -2.31. The SMILES string of the molecule is CCC(C)N(CC(=O)N(CCc1ccc(OC)c(OC)c1)Cc1cccs1)C(=O)c1cccc(OC)c1. The molecule has 2 amide bonds. The van der Waals surface area contributed by atoms with Crippen LogP contribution in [0.5, 0.6) is 17.2 Å². The summed E-state index contributed by atoms with van der Waals surface area (Å²) >= 11 is 1.61. The van der Waals surface area contributed by atoms with E-state index in [0.717, 1.165) is 16.9 Å². The number of hydrogen-bond donors (Lipinski definition) is 0. The molecule has 1 atom stereocenters. The third-order valence-electron chi connectivity index (χ3n) is 6.40. The van der Waals surface area contributed by atoms with Crippen molar-refractivity contribution in [3.05, 3.63) is 76.0 Å². The number of carbonyl (C=O) groups excluding carboxylic acids is 2. The van der Waals surface area contributed by atoms with Crippen molar-refractivity contribution >= 4 is 23.2 Å². The molecule has 1 heterocycles. The molecule has 198 valence electrons. The summed E-state index contributed by atoms with van der Waals surface area (Å²) in [6, 6.07) is 16.7. The van der Waals surface area contributed by atoms with Gasteiger partial charge < -0.3 is 24.0 Å². The molecule has 3 aromatic rings. The summed E-state index contributed by atoms with van der Waals surface area (Å²) in [7, 11) is 4.78. The van der Waals surface area contributed by atoms with E-state index in [2.05, 4.69) is 0 Å². The van der Waals surface area contributed by atoms with Gasteiger partial charge in [0.2, 0.25) is 5.91 Å². The molecule has 0 aliphatic carbocycles. The van der Waals surface area contributed by atoms with Gasteiger partial charge in [0.05, 0.1) is 27.9 Å². The number of benzene rings is 2. The van der Waals surface area contributed by atoms with Crippen molar-refractivity contribution in [1.29, 1.82) is 0 Å². The number of methoxy groups -OCH3 is 3. The van der Waals surface area contributed by atoms with Crippen LogP contribution in [0.1, 0.15) is 41.1 Å². The summed E-state index contributed by atoms with van der Waals surface area (Å²) in [6.07, 6.45) is 1.38. The summed E-state index contributed by atoms with van der Waals surface area (Å²) in [4.78, 5) is 31.7. The number of nitrogens with zero attached hydrogens (tertiary/aromatic N) is 2. The van der Waals surface area contributed by atoms with Crippen LogP contribution in [0.2, 0.25) is 0 Å². The van der Waals surface area contributed by atoms with Crippen molar-refractivity contribution in [3.8, 4) is 17.2 Å². The van der Waals surface area contributed by atoms with Crippen molar-refractivity contribution in [2.24, 2.45) is 0 Å². The van der Waals surface area contributed by atoms with E-state index in [4.69, 9.17) is 14.2 Å². The first kappa shape index (κ1) is 28.1. The molecule has 1 aromatic heterocycles. The number of ether oxygens (including phenoxy) is 3. The number of amides is 2. The van der Waals surface area contributed by atoms with Crippen molar-refractivity contribution in [1.82, 2.24) is 9.80 Å². The molecule has 0 bridgehead atoms. The van der Waals surface area contributed by atoms with Gasteiger partial charge in [0.25, 0.3) is 5.91 Å². The van der Waals surface area contributed by atoms with E-state index in [1.807, 2.05) is 54.5 Å². The van der Waals surface area contributed by atoms with E-state index < -0.39 is 0 Å². The molecule has 0 saturated carbocycles. The lowest BCUT2D eigenvalue weighted by atomic mass is 10.1. The Morgan fingerprint density at radius 1 is 0.946 bits per heavy atom. The predicted octanol–water partition coefficient (Wildman–Crippen LogP) is 5.29. The minimum Gasteiger partial charge on any atom is -0.497 e. The highest BCUT2D eigenvalue weighted by atomic mass is 32.1. The summed E-state index contributed by atoms with van der Waals surface area (Å²) < 4.78 is 16.1. The first-order chi connectivity index (χ1) is 17.9. The van der Waals surface area contributed by atoms with Crippen LogP contribution in [0.25, 0.3) is 0 Å². The average Bonchev–Trinajstić information content (AvgIpc) is 3.46. The normalized spacial score (nSPS) is 11.5. The van der Waals surface area contributed by atoms with Crippen LogP contribution in [0.15, 0.2) is 60.0 Å². The molecule has 0 N–H and O–H groups in total. The Morgan fingerprint density at radius 3 is 2.38 bits per heavy atom. The second kappa shape index (κ2) is 13.7. The summed E-state index contributed by atoms with van der Waals surface area (Å²) in [5.41, 5.74) is 1.54. The highest BCUT2D eigenvalue weighted by Crippen LogP contribution is 2.28. The molecular weight excluding hydrogens is 488 g/mol. The summed E-state index contributed by atoms with van der Waals surface area (Å²) in [6.45, 7) is 4.99. The van der Waals surface area contributed by atoms with Crippen molar-refractivity contribution in [2.45, 2.75) is 39.3 Å². The standard InChI is InChI=1S/C29H36N2O5S/c1-6-21(2)31(29(33)23-9-7-10-24(18-23)34-3)20-28(32)30(19-25-11-8-16-37-25)15-14-22-12-13-26(35-4)27(17-22)36-5/h7-13,16-18,21H,6,14-15,19-20H2,1-5H3. The first-order valence-corrected chi connectivity index (χ1v) is 13.2. The second-order valence-corrected chi connectivity index (χ2v) is 9.79. The van der Waals surface area contributed by atoms with Crippen LogP contribution in [0, 0.1) is 0 Å². The fourth-order valence-corrected chi connectivity index (χ4v) is 4.72. The lowest BCUT2D eigenvalue weighted by Crippen LogP contribution is -2.46. The Labute approximate surface area is 223 Å². The Hall–Kier alpha value is -3.52.